The second-order valence-corrected chi connectivity index (χ2v) is 14.9. The van der Waals surface area contributed by atoms with E-state index >= 15 is 0 Å². The van der Waals surface area contributed by atoms with Crippen LogP contribution in [0.3, 0.4) is 0 Å². The topological polar surface area (TPSA) is 180 Å². The van der Waals surface area contributed by atoms with Crippen molar-refractivity contribution in [1.29, 1.82) is 0 Å². The van der Waals surface area contributed by atoms with Crippen LogP contribution in [0.4, 0.5) is 0 Å². The molecule has 0 spiro atoms. The van der Waals surface area contributed by atoms with Crippen LogP contribution in [0.2, 0.25) is 0 Å². The van der Waals surface area contributed by atoms with Crippen molar-refractivity contribution in [3.63, 3.8) is 0 Å². The molecule has 0 aromatic rings. The SMILES string of the molecule is C=CC(=N/C=C\C)C(=O)N[C@H](C(=O)N[C@H](C(=O)N1C[C@H]2[C@@H]([C@H]1C(=O)NC(CCC)C(=O)C(N)=O)C2(C)C)C1CCCCC1)C1CCCCC1. The number of carbonyl (C=O) groups is 6. The van der Waals surface area contributed by atoms with Gasteiger partial charge in [-0.1, -0.05) is 78.4 Å². The molecule has 270 valence electrons. The molecule has 0 bridgehead atoms. The number of hydrogen-bond donors (Lipinski definition) is 4. The summed E-state index contributed by atoms with van der Waals surface area (Å²) in [5.41, 5.74) is 5.19. The highest BCUT2D eigenvalue weighted by molar-refractivity contribution is 6.43. The van der Waals surface area contributed by atoms with Gasteiger partial charge in [-0.3, -0.25) is 33.8 Å². The highest BCUT2D eigenvalue weighted by atomic mass is 16.2. The zero-order valence-electron chi connectivity index (χ0n) is 29.7. The lowest BCUT2D eigenvalue weighted by atomic mass is 9.81. The molecule has 49 heavy (non-hydrogen) atoms. The maximum absolute atomic E-state index is 14.7. The number of carbonyl (C=O) groups excluding carboxylic acids is 6. The second-order valence-electron chi connectivity index (χ2n) is 14.9. The van der Waals surface area contributed by atoms with E-state index in [0.29, 0.717) is 13.0 Å². The largest absolute Gasteiger partial charge is 0.363 e. The van der Waals surface area contributed by atoms with E-state index in [0.717, 1.165) is 64.2 Å². The number of rotatable bonds is 15. The van der Waals surface area contributed by atoms with Crippen LogP contribution in [-0.2, 0) is 28.8 Å². The Morgan fingerprint density at radius 3 is 2.04 bits per heavy atom. The molecule has 12 heteroatoms. The van der Waals surface area contributed by atoms with Crippen molar-refractivity contribution in [3.05, 3.63) is 24.9 Å². The summed E-state index contributed by atoms with van der Waals surface area (Å²) in [5.74, 6) is -4.01. The Hall–Kier alpha value is -3.83. The fraction of sp³-hybridized carbons (Fsp3) is 0.703. The Labute approximate surface area is 290 Å². The molecule has 1 heterocycles. The molecule has 0 aromatic carbocycles. The van der Waals surface area contributed by atoms with Gasteiger partial charge >= 0.3 is 0 Å². The van der Waals surface area contributed by atoms with Gasteiger partial charge in [-0.05, 0) is 74.2 Å². The van der Waals surface area contributed by atoms with Crippen LogP contribution in [-0.4, -0.2) is 76.6 Å². The smallest absolute Gasteiger partial charge is 0.287 e. The standard InChI is InChI=1S/C37H56N6O6/c1-6-15-26(31(44)32(38)45)40-35(48)30-27-24(37(27,4)5)21-43(30)36(49)29(23-18-13-10-14-19-23)42-34(47)28(22-16-11-9-12-17-22)41-33(46)25(8-3)39-20-7-2/h7-8,20,22-24,26-30H,3,6,9-19,21H2,1-2,4-5H3,(H2,38,45)(H,40,48)(H,41,46)(H,42,47)/b20-7-,39-25?/t24-,26?,27-,28-,29-,30-/m0/s1. The van der Waals surface area contributed by atoms with Gasteiger partial charge in [-0.25, -0.2) is 0 Å². The van der Waals surface area contributed by atoms with Gasteiger partial charge in [0.15, 0.2) is 0 Å². The van der Waals surface area contributed by atoms with Crippen LogP contribution < -0.4 is 21.7 Å². The molecule has 0 radical (unpaired) electrons. The van der Waals surface area contributed by atoms with Gasteiger partial charge < -0.3 is 26.6 Å². The molecule has 5 amide bonds. The summed E-state index contributed by atoms with van der Waals surface area (Å²) in [5, 5.41) is 8.77. The number of aliphatic imine (C=N–C) groups is 1. The Kier molecular flexibility index (Phi) is 13.0. The summed E-state index contributed by atoms with van der Waals surface area (Å²) in [7, 11) is 0. The van der Waals surface area contributed by atoms with Crippen molar-refractivity contribution in [1.82, 2.24) is 20.9 Å². The number of primary amides is 1. The van der Waals surface area contributed by atoms with Crippen LogP contribution in [0.1, 0.15) is 105 Å². The minimum atomic E-state index is -1.12. The number of nitrogens with zero attached hydrogens (tertiary/aromatic N) is 2. The Morgan fingerprint density at radius 1 is 0.918 bits per heavy atom. The quantitative estimate of drug-likeness (QED) is 0.152. The lowest BCUT2D eigenvalue weighted by Crippen LogP contribution is -2.62. The molecule has 12 nitrogen and oxygen atoms in total. The minimum Gasteiger partial charge on any atom is -0.363 e. The predicted octanol–water partition coefficient (Wildman–Crippen LogP) is 3.10. The van der Waals surface area contributed by atoms with Crippen molar-refractivity contribution in [2.45, 2.75) is 129 Å². The van der Waals surface area contributed by atoms with Crippen molar-refractivity contribution < 1.29 is 28.8 Å². The molecule has 4 aliphatic rings. The van der Waals surface area contributed by atoms with E-state index < -0.39 is 53.6 Å². The Balaban J connectivity index is 1.62. The van der Waals surface area contributed by atoms with Gasteiger partial charge in [0.25, 0.3) is 11.8 Å². The van der Waals surface area contributed by atoms with E-state index in [1.807, 2.05) is 6.92 Å². The van der Waals surface area contributed by atoms with Gasteiger partial charge in [-0.15, -0.1) is 0 Å². The highest BCUT2D eigenvalue weighted by Crippen LogP contribution is 2.65. The van der Waals surface area contributed by atoms with E-state index in [1.165, 1.54) is 12.3 Å². The Bertz CT molecular complexity index is 1340. The molecular formula is C37H56N6O6. The first-order valence-corrected chi connectivity index (χ1v) is 18.2. The van der Waals surface area contributed by atoms with Crippen LogP contribution in [0.25, 0.3) is 0 Å². The summed E-state index contributed by atoms with van der Waals surface area (Å²) in [6.07, 6.45) is 14.2. The molecule has 3 saturated carbocycles. The normalized spacial score (nSPS) is 25.8. The molecule has 5 N–H and O–H groups in total. The zero-order chi connectivity index (χ0) is 35.9. The number of likely N-dealkylation sites (tertiary alicyclic amines) is 1. The van der Waals surface area contributed by atoms with E-state index in [9.17, 15) is 28.8 Å². The van der Waals surface area contributed by atoms with Crippen molar-refractivity contribution in [2.24, 2.45) is 39.8 Å². The number of allylic oxidation sites excluding steroid dienone is 1. The van der Waals surface area contributed by atoms with Crippen LogP contribution >= 0.6 is 0 Å². The van der Waals surface area contributed by atoms with E-state index in [4.69, 9.17) is 5.73 Å². The molecular weight excluding hydrogens is 624 g/mol. The summed E-state index contributed by atoms with van der Waals surface area (Å²) in [6.45, 7) is 11.8. The summed E-state index contributed by atoms with van der Waals surface area (Å²) < 4.78 is 0. The average Bonchev–Trinajstić information content (AvgIpc) is 3.40. The number of hydrogen-bond acceptors (Lipinski definition) is 7. The van der Waals surface area contributed by atoms with Crippen molar-refractivity contribution >= 4 is 41.0 Å². The number of amides is 5. The third kappa shape index (κ3) is 8.67. The van der Waals surface area contributed by atoms with Crippen LogP contribution in [0.15, 0.2) is 29.9 Å². The minimum absolute atomic E-state index is 0.0782. The number of nitrogens with one attached hydrogen (secondary N) is 3. The third-order valence-corrected chi connectivity index (χ3v) is 11.4. The fourth-order valence-corrected chi connectivity index (χ4v) is 8.51. The number of fused-ring (bicyclic) bond motifs is 1. The van der Waals surface area contributed by atoms with Gasteiger partial charge in [0, 0.05) is 12.7 Å². The van der Waals surface area contributed by atoms with Crippen molar-refractivity contribution in [2.75, 3.05) is 6.54 Å². The molecule has 4 rings (SSSR count). The average molecular weight is 681 g/mol. The van der Waals surface area contributed by atoms with E-state index in [-0.39, 0.29) is 47.1 Å². The van der Waals surface area contributed by atoms with E-state index in [1.54, 1.807) is 17.9 Å². The summed E-state index contributed by atoms with van der Waals surface area (Å²) in [6, 6.07) is -3.69. The van der Waals surface area contributed by atoms with Crippen LogP contribution in [0.5, 0.6) is 0 Å². The maximum Gasteiger partial charge on any atom is 0.287 e. The molecule has 0 aromatic heterocycles. The third-order valence-electron chi connectivity index (χ3n) is 11.4. The zero-order valence-corrected chi connectivity index (χ0v) is 29.7. The highest BCUT2D eigenvalue weighted by Gasteiger charge is 2.69. The predicted molar refractivity (Wildman–Crippen MR) is 187 cm³/mol. The lowest BCUT2D eigenvalue weighted by Gasteiger charge is -2.38. The number of ketones is 1. The molecule has 1 aliphatic heterocycles. The number of nitrogens with two attached hydrogens (primary N) is 1. The fourth-order valence-electron chi connectivity index (χ4n) is 8.51. The number of piperidine rings is 1. The van der Waals surface area contributed by atoms with Gasteiger partial charge in [0.2, 0.25) is 23.5 Å². The summed E-state index contributed by atoms with van der Waals surface area (Å²) >= 11 is 0. The van der Waals surface area contributed by atoms with Crippen LogP contribution in [0, 0.1) is 29.1 Å². The van der Waals surface area contributed by atoms with Crippen molar-refractivity contribution in [3.8, 4) is 0 Å². The lowest BCUT2D eigenvalue weighted by molar-refractivity contribution is -0.146. The first-order chi connectivity index (χ1) is 23.4. The van der Waals surface area contributed by atoms with E-state index in [2.05, 4.69) is 41.4 Å². The first-order valence-electron chi connectivity index (χ1n) is 18.2. The molecule has 1 unspecified atom stereocenters. The van der Waals surface area contributed by atoms with Gasteiger partial charge in [0.1, 0.15) is 23.8 Å². The first kappa shape index (κ1) is 38.0. The molecule has 6 atom stereocenters. The van der Waals surface area contributed by atoms with Gasteiger partial charge in [0.05, 0.1) is 6.04 Å². The molecule has 3 aliphatic carbocycles. The number of Topliss-reactive ketones (excluding diaryl/α,β-unsaturated/α-hetero) is 1. The maximum atomic E-state index is 14.7. The molecule has 1 saturated heterocycles. The molecule has 4 fully saturated rings. The second kappa shape index (κ2) is 16.7. The summed E-state index contributed by atoms with van der Waals surface area (Å²) in [4.78, 5) is 86.3. The monoisotopic (exact) mass is 680 g/mol. The Morgan fingerprint density at radius 2 is 1.51 bits per heavy atom. The van der Waals surface area contributed by atoms with Gasteiger partial charge in [-0.2, -0.15) is 0 Å².